The summed E-state index contributed by atoms with van der Waals surface area (Å²) in [6.07, 6.45) is 1.27. The van der Waals surface area contributed by atoms with Crippen LogP contribution in [-0.4, -0.2) is 19.5 Å². The molecule has 0 amide bonds. The number of nitro groups is 1. The minimum Gasteiger partial charge on any atom is -0.358 e. The lowest BCUT2D eigenvalue weighted by molar-refractivity contribution is -0.389. The van der Waals surface area contributed by atoms with Crippen LogP contribution in [0.1, 0.15) is 0 Å². The van der Waals surface area contributed by atoms with Crippen molar-refractivity contribution in [2.45, 2.75) is 0 Å². The highest BCUT2D eigenvalue weighted by atomic mass is 79.9. The standard InChI is InChI=1S/C4HBrN4O2S/c5-3-7-8-1-2(9(10)11)6-4(8)12-3/h1H. The van der Waals surface area contributed by atoms with Gasteiger partial charge >= 0.3 is 10.8 Å². The van der Waals surface area contributed by atoms with Crippen molar-refractivity contribution < 1.29 is 4.92 Å². The number of fused-ring (bicyclic) bond motifs is 1. The molecule has 0 saturated heterocycles. The molecule has 62 valence electrons. The second-order valence-electron chi connectivity index (χ2n) is 1.94. The van der Waals surface area contributed by atoms with Crippen LogP contribution in [0, 0.1) is 10.1 Å². The maximum atomic E-state index is 10.2. The minimum absolute atomic E-state index is 0.179. The van der Waals surface area contributed by atoms with Crippen molar-refractivity contribution in [3.05, 3.63) is 20.2 Å². The summed E-state index contributed by atoms with van der Waals surface area (Å²) in [5.74, 6) is -0.179. The molecule has 2 heterocycles. The summed E-state index contributed by atoms with van der Waals surface area (Å²) in [6, 6.07) is 0. The predicted octanol–water partition coefficient (Wildman–Crippen LogP) is 1.46. The first-order valence-electron chi connectivity index (χ1n) is 2.83. The fourth-order valence-corrected chi connectivity index (χ4v) is 1.96. The minimum atomic E-state index is -0.546. The molecule has 0 aromatic carbocycles. The lowest BCUT2D eigenvalue weighted by atomic mass is 10.8. The fourth-order valence-electron chi connectivity index (χ4n) is 0.752. The first kappa shape index (κ1) is 7.62. The highest BCUT2D eigenvalue weighted by Gasteiger charge is 2.16. The largest absolute Gasteiger partial charge is 0.385 e. The van der Waals surface area contributed by atoms with Crippen LogP contribution >= 0.6 is 27.3 Å². The van der Waals surface area contributed by atoms with E-state index in [0.717, 1.165) is 0 Å². The van der Waals surface area contributed by atoms with Crippen LogP contribution in [0.4, 0.5) is 5.82 Å². The Labute approximate surface area is 78.1 Å². The lowest BCUT2D eigenvalue weighted by Crippen LogP contribution is -1.86. The van der Waals surface area contributed by atoms with Gasteiger partial charge in [-0.2, -0.15) is 4.52 Å². The van der Waals surface area contributed by atoms with Crippen LogP contribution in [0.3, 0.4) is 0 Å². The van der Waals surface area contributed by atoms with Gasteiger partial charge in [0.15, 0.2) is 3.92 Å². The number of imidazole rings is 1. The highest BCUT2D eigenvalue weighted by molar-refractivity contribution is 9.11. The monoisotopic (exact) mass is 248 g/mol. The summed E-state index contributed by atoms with van der Waals surface area (Å²) in [7, 11) is 0. The van der Waals surface area contributed by atoms with Crippen molar-refractivity contribution in [3.63, 3.8) is 0 Å². The third-order valence-electron chi connectivity index (χ3n) is 1.19. The molecule has 12 heavy (non-hydrogen) atoms. The van der Waals surface area contributed by atoms with E-state index >= 15 is 0 Å². The Morgan fingerprint density at radius 2 is 2.50 bits per heavy atom. The molecule has 0 fully saturated rings. The molecule has 2 aromatic heterocycles. The molecule has 0 radical (unpaired) electrons. The summed E-state index contributed by atoms with van der Waals surface area (Å²) < 4.78 is 2.02. The summed E-state index contributed by atoms with van der Waals surface area (Å²) in [4.78, 5) is 13.9. The zero-order chi connectivity index (χ0) is 8.72. The van der Waals surface area contributed by atoms with Gasteiger partial charge < -0.3 is 10.1 Å². The number of halogens is 1. The number of nitrogens with zero attached hydrogens (tertiary/aromatic N) is 4. The third kappa shape index (κ3) is 1.08. The Kier molecular flexibility index (Phi) is 1.58. The maximum absolute atomic E-state index is 10.2. The van der Waals surface area contributed by atoms with Gasteiger partial charge in [-0.1, -0.05) is 0 Å². The molecule has 0 saturated carbocycles. The molecule has 0 aliphatic rings. The van der Waals surface area contributed by atoms with Crippen molar-refractivity contribution in [2.75, 3.05) is 0 Å². The molecular weight excluding hydrogens is 248 g/mol. The summed E-state index contributed by atoms with van der Waals surface area (Å²) in [6.45, 7) is 0. The van der Waals surface area contributed by atoms with E-state index in [-0.39, 0.29) is 5.82 Å². The number of aromatic nitrogens is 3. The van der Waals surface area contributed by atoms with Crippen molar-refractivity contribution in [2.24, 2.45) is 0 Å². The Hall–Kier alpha value is -1.02. The van der Waals surface area contributed by atoms with Crippen molar-refractivity contribution in [3.8, 4) is 0 Å². The van der Waals surface area contributed by atoms with Crippen molar-refractivity contribution >= 4 is 38.0 Å². The van der Waals surface area contributed by atoms with Gasteiger partial charge in [0.05, 0.1) is 0 Å². The van der Waals surface area contributed by atoms with E-state index in [1.807, 2.05) is 0 Å². The number of hydrogen-bond donors (Lipinski definition) is 0. The van der Waals surface area contributed by atoms with Crippen LogP contribution in [0.2, 0.25) is 0 Å². The second-order valence-corrected chi connectivity index (χ2v) is 4.17. The zero-order valence-corrected chi connectivity index (χ0v) is 7.87. The molecule has 2 rings (SSSR count). The van der Waals surface area contributed by atoms with Gasteiger partial charge in [-0.15, -0.1) is 5.10 Å². The summed E-state index contributed by atoms with van der Waals surface area (Å²) in [5, 5.41) is 14.1. The molecule has 0 aliphatic heterocycles. The Morgan fingerprint density at radius 1 is 1.75 bits per heavy atom. The van der Waals surface area contributed by atoms with Gasteiger partial charge in [0.1, 0.15) is 6.20 Å². The summed E-state index contributed by atoms with van der Waals surface area (Å²) >= 11 is 4.39. The quantitative estimate of drug-likeness (QED) is 0.566. The molecular formula is C4HBrN4O2S. The van der Waals surface area contributed by atoms with E-state index in [1.54, 1.807) is 0 Å². The van der Waals surface area contributed by atoms with Gasteiger partial charge in [-0.25, -0.2) is 0 Å². The first-order valence-corrected chi connectivity index (χ1v) is 4.44. The van der Waals surface area contributed by atoms with Crippen molar-refractivity contribution in [1.29, 1.82) is 0 Å². The molecule has 0 bridgehead atoms. The normalized spacial score (nSPS) is 10.8. The molecule has 0 spiro atoms. The van der Waals surface area contributed by atoms with Crippen LogP contribution in [-0.2, 0) is 0 Å². The van der Waals surface area contributed by atoms with Crippen molar-refractivity contribution in [1.82, 2.24) is 14.6 Å². The predicted molar refractivity (Wildman–Crippen MR) is 45.2 cm³/mol. The van der Waals surface area contributed by atoms with E-state index < -0.39 is 4.92 Å². The first-order chi connectivity index (χ1) is 5.66. The molecule has 6 nitrogen and oxygen atoms in total. The average molecular weight is 249 g/mol. The average Bonchev–Trinajstić information content (AvgIpc) is 2.42. The molecule has 0 atom stereocenters. The number of rotatable bonds is 1. The zero-order valence-electron chi connectivity index (χ0n) is 5.47. The number of hydrogen-bond acceptors (Lipinski definition) is 5. The van der Waals surface area contributed by atoms with Gasteiger partial charge in [0.25, 0.3) is 0 Å². The van der Waals surface area contributed by atoms with Gasteiger partial charge in [-0.05, 0) is 37.2 Å². The van der Waals surface area contributed by atoms with E-state index in [2.05, 4.69) is 26.0 Å². The lowest BCUT2D eigenvalue weighted by Gasteiger charge is -1.81. The van der Waals surface area contributed by atoms with Crippen LogP contribution < -0.4 is 0 Å². The molecule has 0 aliphatic carbocycles. The van der Waals surface area contributed by atoms with E-state index in [4.69, 9.17) is 0 Å². The Balaban J connectivity index is 2.64. The highest BCUT2D eigenvalue weighted by Crippen LogP contribution is 2.21. The SMILES string of the molecule is O=[N+]([O-])c1cn2nc(Br)sc2n1. The topological polar surface area (TPSA) is 73.3 Å². The smallest absolute Gasteiger partial charge is 0.358 e. The van der Waals surface area contributed by atoms with Crippen LogP contribution in [0.25, 0.3) is 4.96 Å². The van der Waals surface area contributed by atoms with Gasteiger partial charge in [0, 0.05) is 0 Å². The molecule has 0 N–H and O–H groups in total. The van der Waals surface area contributed by atoms with Gasteiger partial charge in [0.2, 0.25) is 0 Å². The van der Waals surface area contributed by atoms with E-state index in [0.29, 0.717) is 8.88 Å². The molecule has 0 unspecified atom stereocenters. The Bertz CT molecular complexity index is 417. The Morgan fingerprint density at radius 3 is 3.08 bits per heavy atom. The maximum Gasteiger partial charge on any atom is 0.385 e. The van der Waals surface area contributed by atoms with E-state index in [9.17, 15) is 10.1 Å². The third-order valence-corrected chi connectivity index (χ3v) is 2.55. The van der Waals surface area contributed by atoms with Crippen LogP contribution in [0.5, 0.6) is 0 Å². The molecule has 8 heteroatoms. The van der Waals surface area contributed by atoms with E-state index in [1.165, 1.54) is 22.0 Å². The van der Waals surface area contributed by atoms with Gasteiger partial charge in [-0.3, -0.25) is 0 Å². The van der Waals surface area contributed by atoms with Crippen LogP contribution in [0.15, 0.2) is 10.1 Å². The molecule has 2 aromatic rings. The summed E-state index contributed by atoms with van der Waals surface area (Å²) in [5.41, 5.74) is 0. The second kappa shape index (κ2) is 2.49. The fraction of sp³-hybridized carbons (Fsp3) is 0.